The van der Waals surface area contributed by atoms with Crippen molar-refractivity contribution in [3.8, 4) is 0 Å². The van der Waals surface area contributed by atoms with E-state index >= 15 is 0 Å². The van der Waals surface area contributed by atoms with E-state index in [4.69, 9.17) is 5.73 Å². The van der Waals surface area contributed by atoms with E-state index in [0.717, 1.165) is 32.4 Å². The minimum atomic E-state index is -0.595. The highest BCUT2D eigenvalue weighted by Crippen LogP contribution is 2.10. The monoisotopic (exact) mass is 277 g/mol. The van der Waals surface area contributed by atoms with Crippen LogP contribution in [0.2, 0.25) is 0 Å². The second-order valence-electron chi connectivity index (χ2n) is 4.87. The van der Waals surface area contributed by atoms with Gasteiger partial charge in [-0.05, 0) is 26.2 Å². The van der Waals surface area contributed by atoms with Gasteiger partial charge in [0.05, 0.1) is 0 Å². The Labute approximate surface area is 117 Å². The normalized spacial score (nSPS) is 16.6. The zero-order valence-corrected chi connectivity index (χ0v) is 11.5. The van der Waals surface area contributed by atoms with Gasteiger partial charge in [-0.1, -0.05) is 0 Å². The van der Waals surface area contributed by atoms with Crippen LogP contribution < -0.4 is 11.1 Å². The first kappa shape index (κ1) is 14.2. The number of nitrogens with one attached hydrogen (secondary N) is 1. The Hall–Kier alpha value is -2.18. The highest BCUT2D eigenvalue weighted by molar-refractivity contribution is 5.98. The Bertz CT molecular complexity index is 499. The minimum absolute atomic E-state index is 0.0470. The first-order chi connectivity index (χ1) is 9.59. The van der Waals surface area contributed by atoms with Crippen molar-refractivity contribution in [3.63, 3.8) is 0 Å². The van der Waals surface area contributed by atoms with Crippen LogP contribution in [0.4, 0.5) is 5.82 Å². The molecule has 1 saturated heterocycles. The number of hydrogen-bond donors (Lipinski definition) is 2. The van der Waals surface area contributed by atoms with E-state index in [1.54, 1.807) is 11.8 Å². The molecule has 7 heteroatoms. The molecule has 3 N–H and O–H groups in total. The SMILES string of the molecule is C[C@H](NC(=O)c1nccnc1N)C(=O)N1CCCCC1. The second-order valence-corrected chi connectivity index (χ2v) is 4.87. The quantitative estimate of drug-likeness (QED) is 0.821. The second kappa shape index (κ2) is 6.31. The summed E-state index contributed by atoms with van der Waals surface area (Å²) < 4.78 is 0. The molecule has 20 heavy (non-hydrogen) atoms. The van der Waals surface area contributed by atoms with E-state index in [1.807, 2.05) is 0 Å². The number of piperidine rings is 1. The lowest BCUT2D eigenvalue weighted by Gasteiger charge is -2.29. The third kappa shape index (κ3) is 3.23. The molecule has 0 bridgehead atoms. The van der Waals surface area contributed by atoms with Crippen molar-refractivity contribution in [2.24, 2.45) is 0 Å². The topological polar surface area (TPSA) is 101 Å². The first-order valence-electron chi connectivity index (χ1n) is 6.75. The van der Waals surface area contributed by atoms with Gasteiger partial charge in [0.15, 0.2) is 11.5 Å². The molecule has 0 aliphatic carbocycles. The molecule has 1 fully saturated rings. The maximum Gasteiger partial charge on any atom is 0.274 e. The molecular weight excluding hydrogens is 258 g/mol. The number of nitrogen functional groups attached to an aromatic ring is 1. The van der Waals surface area contributed by atoms with E-state index in [9.17, 15) is 9.59 Å². The summed E-state index contributed by atoms with van der Waals surface area (Å²) in [5.74, 6) is -0.489. The lowest BCUT2D eigenvalue weighted by Crippen LogP contribution is -2.48. The summed E-state index contributed by atoms with van der Waals surface area (Å²) in [6.07, 6.45) is 5.99. The van der Waals surface area contributed by atoms with Crippen LogP contribution in [0.5, 0.6) is 0 Å². The van der Waals surface area contributed by atoms with Crippen LogP contribution in [-0.4, -0.2) is 45.8 Å². The van der Waals surface area contributed by atoms with E-state index < -0.39 is 11.9 Å². The lowest BCUT2D eigenvalue weighted by molar-refractivity contribution is -0.133. The summed E-state index contributed by atoms with van der Waals surface area (Å²) in [6.45, 7) is 3.18. The van der Waals surface area contributed by atoms with Crippen molar-refractivity contribution >= 4 is 17.6 Å². The molecule has 2 rings (SSSR count). The lowest BCUT2D eigenvalue weighted by atomic mass is 10.1. The Morgan fingerprint density at radius 3 is 2.55 bits per heavy atom. The van der Waals surface area contributed by atoms with Gasteiger partial charge in [-0.2, -0.15) is 0 Å². The smallest absolute Gasteiger partial charge is 0.274 e. The van der Waals surface area contributed by atoms with Crippen LogP contribution >= 0.6 is 0 Å². The van der Waals surface area contributed by atoms with Crippen molar-refractivity contribution in [1.82, 2.24) is 20.2 Å². The minimum Gasteiger partial charge on any atom is -0.382 e. The number of anilines is 1. The molecule has 2 heterocycles. The first-order valence-corrected chi connectivity index (χ1v) is 6.75. The van der Waals surface area contributed by atoms with Crippen LogP contribution in [0, 0.1) is 0 Å². The maximum absolute atomic E-state index is 12.2. The Morgan fingerprint density at radius 1 is 1.25 bits per heavy atom. The predicted molar refractivity (Wildman–Crippen MR) is 73.8 cm³/mol. The fraction of sp³-hybridized carbons (Fsp3) is 0.538. The molecule has 1 aromatic heterocycles. The summed E-state index contributed by atoms with van der Waals surface area (Å²) in [5.41, 5.74) is 5.63. The molecule has 1 aromatic rings. The standard InChI is InChI=1S/C13H19N5O2/c1-9(13(20)18-7-3-2-4-8-18)17-12(19)10-11(14)16-6-5-15-10/h5-6,9H,2-4,7-8H2,1H3,(H2,14,16)(H,17,19)/t9-/m0/s1. The van der Waals surface area contributed by atoms with Gasteiger partial charge in [-0.15, -0.1) is 0 Å². The van der Waals surface area contributed by atoms with E-state index in [0.29, 0.717) is 0 Å². The summed E-state index contributed by atoms with van der Waals surface area (Å²) in [7, 11) is 0. The van der Waals surface area contributed by atoms with Crippen LogP contribution in [0.25, 0.3) is 0 Å². The summed E-state index contributed by atoms with van der Waals surface area (Å²) in [6, 6.07) is -0.595. The molecule has 7 nitrogen and oxygen atoms in total. The number of amides is 2. The van der Waals surface area contributed by atoms with E-state index in [1.165, 1.54) is 12.4 Å². The molecule has 0 unspecified atom stereocenters. The van der Waals surface area contributed by atoms with Gasteiger partial charge in [-0.25, -0.2) is 9.97 Å². The molecule has 1 aliphatic rings. The highest BCUT2D eigenvalue weighted by atomic mass is 16.2. The largest absolute Gasteiger partial charge is 0.382 e. The molecule has 0 saturated carbocycles. The number of carbonyl (C=O) groups excluding carboxylic acids is 2. The molecule has 2 amide bonds. The van der Waals surface area contributed by atoms with Crippen LogP contribution in [0.15, 0.2) is 12.4 Å². The summed E-state index contributed by atoms with van der Waals surface area (Å²) in [5, 5.41) is 2.62. The highest BCUT2D eigenvalue weighted by Gasteiger charge is 2.24. The van der Waals surface area contributed by atoms with Gasteiger partial charge >= 0.3 is 0 Å². The fourth-order valence-electron chi connectivity index (χ4n) is 2.24. The molecule has 1 atom stereocenters. The molecule has 0 spiro atoms. The number of nitrogens with two attached hydrogens (primary N) is 1. The van der Waals surface area contributed by atoms with Crippen LogP contribution in [-0.2, 0) is 4.79 Å². The molecule has 0 radical (unpaired) electrons. The van der Waals surface area contributed by atoms with Crippen molar-refractivity contribution in [2.45, 2.75) is 32.2 Å². The number of hydrogen-bond acceptors (Lipinski definition) is 5. The van der Waals surface area contributed by atoms with Gasteiger partial charge in [0.2, 0.25) is 5.91 Å². The number of likely N-dealkylation sites (tertiary alicyclic amines) is 1. The predicted octanol–water partition coefficient (Wildman–Crippen LogP) is 0.190. The Morgan fingerprint density at radius 2 is 1.90 bits per heavy atom. The molecule has 1 aliphatic heterocycles. The number of aromatic nitrogens is 2. The van der Waals surface area contributed by atoms with E-state index in [-0.39, 0.29) is 17.4 Å². The Kier molecular flexibility index (Phi) is 4.49. The third-order valence-corrected chi connectivity index (χ3v) is 3.33. The zero-order chi connectivity index (χ0) is 14.5. The van der Waals surface area contributed by atoms with Crippen molar-refractivity contribution in [2.75, 3.05) is 18.8 Å². The molecule has 108 valence electrons. The summed E-state index contributed by atoms with van der Waals surface area (Å²) >= 11 is 0. The van der Waals surface area contributed by atoms with E-state index in [2.05, 4.69) is 15.3 Å². The summed E-state index contributed by atoms with van der Waals surface area (Å²) in [4.78, 5) is 33.7. The van der Waals surface area contributed by atoms with Crippen molar-refractivity contribution < 1.29 is 9.59 Å². The molecular formula is C13H19N5O2. The number of carbonyl (C=O) groups is 2. The van der Waals surface area contributed by atoms with Crippen molar-refractivity contribution in [3.05, 3.63) is 18.1 Å². The van der Waals surface area contributed by atoms with Gasteiger partial charge < -0.3 is 16.0 Å². The van der Waals surface area contributed by atoms with Gasteiger partial charge in [0.25, 0.3) is 5.91 Å². The number of nitrogens with zero attached hydrogens (tertiary/aromatic N) is 3. The fourth-order valence-corrected chi connectivity index (χ4v) is 2.24. The Balaban J connectivity index is 1.97. The van der Waals surface area contributed by atoms with Gasteiger partial charge in [0, 0.05) is 25.5 Å². The van der Waals surface area contributed by atoms with Crippen molar-refractivity contribution in [1.29, 1.82) is 0 Å². The average molecular weight is 277 g/mol. The van der Waals surface area contributed by atoms with Gasteiger partial charge in [-0.3, -0.25) is 9.59 Å². The van der Waals surface area contributed by atoms with Crippen LogP contribution in [0.3, 0.4) is 0 Å². The molecule has 0 aromatic carbocycles. The maximum atomic E-state index is 12.2. The zero-order valence-electron chi connectivity index (χ0n) is 11.5. The van der Waals surface area contributed by atoms with Crippen LogP contribution in [0.1, 0.15) is 36.7 Å². The third-order valence-electron chi connectivity index (χ3n) is 3.33. The van der Waals surface area contributed by atoms with Gasteiger partial charge in [0.1, 0.15) is 6.04 Å². The average Bonchev–Trinajstić information content (AvgIpc) is 2.47. The number of rotatable bonds is 3.